The van der Waals surface area contributed by atoms with E-state index >= 15 is 0 Å². The van der Waals surface area contributed by atoms with Gasteiger partial charge in [0, 0.05) is 13.0 Å². The van der Waals surface area contributed by atoms with E-state index in [2.05, 4.69) is 10.6 Å². The number of hydrogen-bond donors (Lipinski definition) is 5. The summed E-state index contributed by atoms with van der Waals surface area (Å²) in [5, 5.41) is 12.8. The zero-order chi connectivity index (χ0) is 30.2. The number of nitrogens with one attached hydrogen (secondary N) is 3. The quantitative estimate of drug-likeness (QED) is 0.0514. The van der Waals surface area contributed by atoms with E-state index in [4.69, 9.17) is 30.7 Å². The lowest BCUT2D eigenvalue weighted by Gasteiger charge is -2.24. The summed E-state index contributed by atoms with van der Waals surface area (Å²) in [4.78, 5) is 39.0. The van der Waals surface area contributed by atoms with Gasteiger partial charge >= 0.3 is 14.3 Å². The molecule has 12 heteroatoms. The standard InChI is InChI=1S/C30H36N5O6P/c31-25(18-19-27(36)39-21-22-11-4-1-5-12-22)28(37)35-26(17-10-20-34-30(32)33)29(38)42(40-23-13-6-2-7-14-23)41-24-15-8-3-9-16-24/h1-9,11-16,25-26H,10,17-21,31H2,(H,35,37)(H4,32,33,34)/t25-,26-/m0/s1. The summed E-state index contributed by atoms with van der Waals surface area (Å²) in [6, 6.07) is 24.7. The molecule has 0 heterocycles. The van der Waals surface area contributed by atoms with Gasteiger partial charge in [-0.25, -0.2) is 0 Å². The van der Waals surface area contributed by atoms with Crippen molar-refractivity contribution in [1.29, 1.82) is 5.41 Å². The maximum absolute atomic E-state index is 13.8. The van der Waals surface area contributed by atoms with Crippen molar-refractivity contribution in [2.45, 2.75) is 44.4 Å². The minimum absolute atomic E-state index is 0.0298. The van der Waals surface area contributed by atoms with Crippen molar-refractivity contribution in [3.8, 4) is 11.5 Å². The van der Waals surface area contributed by atoms with Crippen LogP contribution in [0.2, 0.25) is 0 Å². The number of nitrogens with two attached hydrogens (primary N) is 2. The third-order valence-corrected chi connectivity index (χ3v) is 7.31. The van der Waals surface area contributed by atoms with Crippen LogP contribution in [0.15, 0.2) is 91.0 Å². The predicted molar refractivity (Wildman–Crippen MR) is 161 cm³/mol. The Kier molecular flexibility index (Phi) is 13.3. The molecule has 11 nitrogen and oxygen atoms in total. The van der Waals surface area contributed by atoms with E-state index in [1.165, 1.54) is 0 Å². The van der Waals surface area contributed by atoms with Crippen molar-refractivity contribution < 1.29 is 28.2 Å². The van der Waals surface area contributed by atoms with Crippen LogP contribution in [0.25, 0.3) is 0 Å². The van der Waals surface area contributed by atoms with E-state index < -0.39 is 37.9 Å². The predicted octanol–water partition coefficient (Wildman–Crippen LogP) is 3.58. The Balaban J connectivity index is 1.65. The van der Waals surface area contributed by atoms with Crippen molar-refractivity contribution >= 4 is 31.7 Å². The van der Waals surface area contributed by atoms with Crippen molar-refractivity contribution in [1.82, 2.24) is 10.6 Å². The molecule has 0 radical (unpaired) electrons. The van der Waals surface area contributed by atoms with Gasteiger partial charge in [0.15, 0.2) is 5.96 Å². The number of carbonyl (C=O) groups excluding carboxylic acids is 3. The number of rotatable bonds is 17. The summed E-state index contributed by atoms with van der Waals surface area (Å²) in [5.74, 6) is -0.423. The van der Waals surface area contributed by atoms with Crippen LogP contribution < -0.4 is 31.1 Å². The molecule has 0 bridgehead atoms. The fourth-order valence-electron chi connectivity index (χ4n) is 3.67. The summed E-state index contributed by atoms with van der Waals surface area (Å²) in [6.45, 7) is 0.434. The van der Waals surface area contributed by atoms with Crippen LogP contribution in [-0.2, 0) is 25.7 Å². The van der Waals surface area contributed by atoms with E-state index in [9.17, 15) is 14.4 Å². The average Bonchev–Trinajstić information content (AvgIpc) is 3.01. The van der Waals surface area contributed by atoms with E-state index in [1.807, 2.05) is 42.5 Å². The van der Waals surface area contributed by atoms with Crippen LogP contribution in [0.3, 0.4) is 0 Å². The smallest absolute Gasteiger partial charge is 0.367 e. The topological polar surface area (TPSA) is 179 Å². The Labute approximate surface area is 246 Å². The minimum Gasteiger partial charge on any atom is -0.461 e. The van der Waals surface area contributed by atoms with E-state index in [0.717, 1.165) is 5.56 Å². The highest BCUT2D eigenvalue weighted by Crippen LogP contribution is 2.42. The van der Waals surface area contributed by atoms with Gasteiger partial charge in [-0.05, 0) is 49.1 Å². The molecule has 2 atom stereocenters. The first-order chi connectivity index (χ1) is 20.3. The van der Waals surface area contributed by atoms with Gasteiger partial charge in [0.1, 0.15) is 18.1 Å². The van der Waals surface area contributed by atoms with Crippen molar-refractivity contribution in [2.24, 2.45) is 11.5 Å². The Hall–Kier alpha value is -4.47. The Morgan fingerprint density at radius 1 is 0.833 bits per heavy atom. The summed E-state index contributed by atoms with van der Waals surface area (Å²) in [6.07, 6.45) is 0.564. The lowest BCUT2D eigenvalue weighted by molar-refractivity contribution is -0.145. The van der Waals surface area contributed by atoms with Gasteiger partial charge < -0.3 is 35.9 Å². The first-order valence-electron chi connectivity index (χ1n) is 13.4. The second kappa shape index (κ2) is 17.4. The van der Waals surface area contributed by atoms with Crippen LogP contribution >= 0.6 is 8.38 Å². The molecular formula is C30H36N5O6P. The normalized spacial score (nSPS) is 12.0. The lowest BCUT2D eigenvalue weighted by Crippen LogP contribution is -2.48. The molecule has 3 aromatic carbocycles. The number of carbonyl (C=O) groups is 3. The second-order valence-corrected chi connectivity index (χ2v) is 10.6. The van der Waals surface area contributed by atoms with Crippen LogP contribution in [0, 0.1) is 5.41 Å². The fraction of sp³-hybridized carbons (Fsp3) is 0.267. The first-order valence-corrected chi connectivity index (χ1v) is 14.6. The number of benzene rings is 3. The van der Waals surface area contributed by atoms with Crippen molar-refractivity contribution in [2.75, 3.05) is 6.54 Å². The van der Waals surface area contributed by atoms with Crippen LogP contribution in [0.1, 0.15) is 31.2 Å². The largest absolute Gasteiger partial charge is 0.461 e. The molecule has 0 aliphatic carbocycles. The molecule has 0 saturated heterocycles. The Morgan fingerprint density at radius 2 is 1.38 bits per heavy atom. The summed E-state index contributed by atoms with van der Waals surface area (Å²) < 4.78 is 17.2. The SMILES string of the molecule is N=C(N)NCCC[C@H](NC(=O)[C@@H](N)CCC(=O)OCc1ccccc1)C(=O)P(Oc1ccccc1)Oc1ccccc1. The maximum Gasteiger partial charge on any atom is 0.367 e. The molecule has 0 saturated carbocycles. The maximum atomic E-state index is 13.8. The molecule has 0 aromatic heterocycles. The summed E-state index contributed by atoms with van der Waals surface area (Å²) in [7, 11) is -2.20. The lowest BCUT2D eigenvalue weighted by atomic mass is 10.1. The highest BCUT2D eigenvalue weighted by atomic mass is 31.2. The first kappa shape index (κ1) is 32.0. The third-order valence-electron chi connectivity index (χ3n) is 5.88. The van der Waals surface area contributed by atoms with Gasteiger partial charge in [0.2, 0.25) is 5.91 Å². The number of guanidine groups is 1. The number of ether oxygens (including phenoxy) is 1. The van der Waals surface area contributed by atoms with Gasteiger partial charge in [-0.2, -0.15) is 0 Å². The molecule has 3 aromatic rings. The number of amides is 1. The average molecular weight is 594 g/mol. The van der Waals surface area contributed by atoms with Crippen LogP contribution in [0.5, 0.6) is 11.5 Å². The fourth-order valence-corrected chi connectivity index (χ4v) is 4.96. The molecule has 0 aliphatic rings. The summed E-state index contributed by atoms with van der Waals surface area (Å²) in [5.41, 5.74) is 11.8. The van der Waals surface area contributed by atoms with Crippen molar-refractivity contribution in [3.63, 3.8) is 0 Å². The van der Waals surface area contributed by atoms with Gasteiger partial charge in [-0.15, -0.1) is 0 Å². The van der Waals surface area contributed by atoms with Gasteiger partial charge in [-0.3, -0.25) is 19.8 Å². The molecule has 0 unspecified atom stereocenters. The Morgan fingerprint density at radius 3 is 1.93 bits per heavy atom. The Bertz CT molecular complexity index is 1240. The monoisotopic (exact) mass is 593 g/mol. The molecule has 1 amide bonds. The zero-order valence-electron chi connectivity index (χ0n) is 23.1. The van der Waals surface area contributed by atoms with E-state index in [-0.39, 0.29) is 31.8 Å². The van der Waals surface area contributed by atoms with Gasteiger partial charge in [0.25, 0.3) is 5.52 Å². The van der Waals surface area contributed by atoms with Crippen molar-refractivity contribution in [3.05, 3.63) is 96.6 Å². The highest BCUT2D eigenvalue weighted by Gasteiger charge is 2.34. The number of para-hydroxylation sites is 2. The third kappa shape index (κ3) is 11.6. The molecule has 42 heavy (non-hydrogen) atoms. The molecule has 3 rings (SSSR count). The summed E-state index contributed by atoms with van der Waals surface area (Å²) >= 11 is 0. The molecule has 7 N–H and O–H groups in total. The van der Waals surface area contributed by atoms with Gasteiger partial charge in [-0.1, -0.05) is 66.7 Å². The molecule has 0 aliphatic heterocycles. The molecule has 222 valence electrons. The van der Waals surface area contributed by atoms with Crippen LogP contribution in [0.4, 0.5) is 0 Å². The molecule has 0 fully saturated rings. The number of hydrogen-bond acceptors (Lipinski definition) is 8. The number of esters is 1. The minimum atomic E-state index is -2.20. The van der Waals surface area contributed by atoms with Gasteiger partial charge in [0.05, 0.1) is 12.1 Å². The molecule has 0 spiro atoms. The molecular weight excluding hydrogens is 557 g/mol. The second-order valence-electron chi connectivity index (χ2n) is 9.24. The highest BCUT2D eigenvalue weighted by molar-refractivity contribution is 7.67. The zero-order valence-corrected chi connectivity index (χ0v) is 24.0. The van der Waals surface area contributed by atoms with Crippen LogP contribution in [-0.4, -0.2) is 42.0 Å². The van der Waals surface area contributed by atoms with E-state index in [1.54, 1.807) is 48.5 Å². The van der Waals surface area contributed by atoms with E-state index in [0.29, 0.717) is 24.5 Å².